The molecule has 1 saturated carbocycles. The predicted molar refractivity (Wildman–Crippen MR) is 76.0 cm³/mol. The largest absolute Gasteiger partial charge is 0.489 e. The van der Waals surface area contributed by atoms with Crippen molar-refractivity contribution in [2.75, 3.05) is 0 Å². The molecule has 1 aliphatic carbocycles. The quantitative estimate of drug-likeness (QED) is 0.386. The SMILES string of the molecule is CC1CCCCC1Oc1ccc(Cl)cc1C(N)=NO. The number of amidine groups is 1. The Balaban J connectivity index is 2.24. The van der Waals surface area contributed by atoms with Gasteiger partial charge in [0.05, 0.1) is 5.56 Å². The minimum atomic E-state index is 0.0148. The average Bonchev–Trinajstić information content (AvgIpc) is 2.42. The molecule has 4 nitrogen and oxygen atoms in total. The maximum atomic E-state index is 8.83. The van der Waals surface area contributed by atoms with E-state index in [9.17, 15) is 0 Å². The molecule has 0 saturated heterocycles. The summed E-state index contributed by atoms with van der Waals surface area (Å²) in [7, 11) is 0. The molecule has 104 valence electrons. The van der Waals surface area contributed by atoms with Gasteiger partial charge in [-0.1, -0.05) is 30.1 Å². The van der Waals surface area contributed by atoms with E-state index >= 15 is 0 Å². The zero-order chi connectivity index (χ0) is 13.8. The van der Waals surface area contributed by atoms with E-state index in [0.717, 1.165) is 6.42 Å². The molecule has 2 atom stereocenters. The summed E-state index contributed by atoms with van der Waals surface area (Å²) < 4.78 is 6.05. The van der Waals surface area contributed by atoms with Gasteiger partial charge in [0.1, 0.15) is 11.9 Å². The van der Waals surface area contributed by atoms with Crippen LogP contribution in [0, 0.1) is 5.92 Å². The smallest absolute Gasteiger partial charge is 0.173 e. The van der Waals surface area contributed by atoms with E-state index in [1.807, 2.05) is 0 Å². The van der Waals surface area contributed by atoms with Gasteiger partial charge in [-0.05, 0) is 43.4 Å². The third-order valence-corrected chi connectivity index (χ3v) is 3.87. The lowest BCUT2D eigenvalue weighted by atomic mass is 9.88. The van der Waals surface area contributed by atoms with Gasteiger partial charge in [0.15, 0.2) is 5.84 Å². The van der Waals surface area contributed by atoms with Crippen LogP contribution in [0.3, 0.4) is 0 Å². The average molecular weight is 283 g/mol. The summed E-state index contributed by atoms with van der Waals surface area (Å²) in [5.74, 6) is 1.16. The molecule has 3 N–H and O–H groups in total. The molecule has 1 fully saturated rings. The fraction of sp³-hybridized carbons (Fsp3) is 0.500. The number of halogens is 1. The Bertz CT molecular complexity index is 477. The Morgan fingerprint density at radius 2 is 2.16 bits per heavy atom. The van der Waals surface area contributed by atoms with Gasteiger partial charge in [-0.25, -0.2) is 0 Å². The van der Waals surface area contributed by atoms with Crippen molar-refractivity contribution in [3.8, 4) is 5.75 Å². The Hall–Kier alpha value is -1.42. The number of nitrogens with two attached hydrogens (primary N) is 1. The second-order valence-electron chi connectivity index (χ2n) is 5.04. The molecule has 0 heterocycles. The summed E-state index contributed by atoms with van der Waals surface area (Å²) in [6, 6.07) is 5.18. The van der Waals surface area contributed by atoms with E-state index < -0.39 is 0 Å². The first-order valence-corrected chi connectivity index (χ1v) is 6.93. The maximum Gasteiger partial charge on any atom is 0.173 e. The second kappa shape index (κ2) is 6.15. The lowest BCUT2D eigenvalue weighted by Gasteiger charge is -2.30. The third kappa shape index (κ3) is 3.32. The van der Waals surface area contributed by atoms with Crippen molar-refractivity contribution >= 4 is 17.4 Å². The number of hydrogen-bond acceptors (Lipinski definition) is 3. The summed E-state index contributed by atoms with van der Waals surface area (Å²) in [4.78, 5) is 0. The van der Waals surface area contributed by atoms with Crippen LogP contribution in [0.2, 0.25) is 5.02 Å². The molecule has 2 unspecified atom stereocenters. The number of hydrogen-bond donors (Lipinski definition) is 2. The lowest BCUT2D eigenvalue weighted by molar-refractivity contribution is 0.102. The number of ether oxygens (including phenoxy) is 1. The molecular weight excluding hydrogens is 264 g/mol. The highest BCUT2D eigenvalue weighted by molar-refractivity contribution is 6.31. The van der Waals surface area contributed by atoms with Gasteiger partial charge in [-0.2, -0.15) is 0 Å². The zero-order valence-corrected chi connectivity index (χ0v) is 11.7. The predicted octanol–water partition coefficient (Wildman–Crippen LogP) is 3.39. The molecule has 0 radical (unpaired) electrons. The third-order valence-electron chi connectivity index (χ3n) is 3.64. The first-order valence-electron chi connectivity index (χ1n) is 6.56. The molecule has 0 bridgehead atoms. The van der Waals surface area contributed by atoms with E-state index in [2.05, 4.69) is 12.1 Å². The van der Waals surface area contributed by atoms with E-state index in [-0.39, 0.29) is 11.9 Å². The van der Waals surface area contributed by atoms with Crippen LogP contribution in [0.25, 0.3) is 0 Å². The van der Waals surface area contributed by atoms with Gasteiger partial charge in [-0.3, -0.25) is 0 Å². The van der Waals surface area contributed by atoms with Crippen LogP contribution in [0.1, 0.15) is 38.2 Å². The zero-order valence-electron chi connectivity index (χ0n) is 11.0. The van der Waals surface area contributed by atoms with Gasteiger partial charge in [0.2, 0.25) is 0 Å². The molecule has 2 rings (SSSR count). The molecule has 1 aliphatic rings. The molecule has 0 aromatic heterocycles. The lowest BCUT2D eigenvalue weighted by Crippen LogP contribution is -2.29. The molecule has 5 heteroatoms. The van der Waals surface area contributed by atoms with E-state index in [1.54, 1.807) is 18.2 Å². The van der Waals surface area contributed by atoms with Crippen LogP contribution < -0.4 is 10.5 Å². The first kappa shape index (κ1) is 14.0. The van der Waals surface area contributed by atoms with Gasteiger partial charge in [-0.15, -0.1) is 0 Å². The summed E-state index contributed by atoms with van der Waals surface area (Å²) in [5.41, 5.74) is 6.20. The van der Waals surface area contributed by atoms with Gasteiger partial charge in [0, 0.05) is 5.02 Å². The van der Waals surface area contributed by atoms with Crippen molar-refractivity contribution in [2.24, 2.45) is 16.8 Å². The fourth-order valence-electron chi connectivity index (χ4n) is 2.48. The molecule has 0 aliphatic heterocycles. The molecule has 1 aromatic rings. The summed E-state index contributed by atoms with van der Waals surface area (Å²) in [6.45, 7) is 2.20. The monoisotopic (exact) mass is 282 g/mol. The van der Waals surface area contributed by atoms with Crippen molar-refractivity contribution in [3.63, 3.8) is 0 Å². The highest BCUT2D eigenvalue weighted by Gasteiger charge is 2.24. The highest BCUT2D eigenvalue weighted by atomic mass is 35.5. The number of oxime groups is 1. The Morgan fingerprint density at radius 3 is 2.84 bits per heavy atom. The molecular formula is C14H19ClN2O2. The maximum absolute atomic E-state index is 8.83. The van der Waals surface area contributed by atoms with Crippen LogP contribution in [-0.2, 0) is 0 Å². The normalized spacial score (nSPS) is 24.2. The van der Waals surface area contributed by atoms with E-state index in [0.29, 0.717) is 22.3 Å². The molecule has 1 aromatic carbocycles. The van der Waals surface area contributed by atoms with Crippen LogP contribution in [-0.4, -0.2) is 17.1 Å². The Morgan fingerprint density at radius 1 is 1.42 bits per heavy atom. The molecule has 0 spiro atoms. The number of rotatable bonds is 3. The molecule has 0 amide bonds. The fourth-order valence-corrected chi connectivity index (χ4v) is 2.65. The minimum absolute atomic E-state index is 0.0148. The Labute approximate surface area is 118 Å². The first-order chi connectivity index (χ1) is 9.11. The van der Waals surface area contributed by atoms with Crippen LogP contribution >= 0.6 is 11.6 Å². The molecule has 19 heavy (non-hydrogen) atoms. The summed E-state index contributed by atoms with van der Waals surface area (Å²) in [6.07, 6.45) is 4.84. The number of benzene rings is 1. The van der Waals surface area contributed by atoms with Gasteiger partial charge >= 0.3 is 0 Å². The minimum Gasteiger partial charge on any atom is -0.489 e. The van der Waals surface area contributed by atoms with E-state index in [4.69, 9.17) is 27.3 Å². The standard InChI is InChI=1S/C14H19ClN2O2/c1-9-4-2-3-5-12(9)19-13-7-6-10(15)8-11(13)14(16)17-18/h6-9,12,18H,2-5H2,1H3,(H2,16,17). The van der Waals surface area contributed by atoms with Gasteiger partial charge in [0.25, 0.3) is 0 Å². The van der Waals surface area contributed by atoms with E-state index in [1.165, 1.54) is 19.3 Å². The second-order valence-corrected chi connectivity index (χ2v) is 5.48. The summed E-state index contributed by atoms with van der Waals surface area (Å²) >= 11 is 5.94. The Kier molecular flexibility index (Phi) is 4.53. The highest BCUT2D eigenvalue weighted by Crippen LogP contribution is 2.30. The van der Waals surface area contributed by atoms with Crippen molar-refractivity contribution in [1.82, 2.24) is 0 Å². The van der Waals surface area contributed by atoms with Crippen LogP contribution in [0.4, 0.5) is 0 Å². The van der Waals surface area contributed by atoms with Crippen molar-refractivity contribution in [3.05, 3.63) is 28.8 Å². The topological polar surface area (TPSA) is 67.8 Å². The van der Waals surface area contributed by atoms with Crippen molar-refractivity contribution in [1.29, 1.82) is 0 Å². The number of nitrogens with zero attached hydrogens (tertiary/aromatic N) is 1. The van der Waals surface area contributed by atoms with Crippen LogP contribution in [0.5, 0.6) is 5.75 Å². The van der Waals surface area contributed by atoms with Crippen molar-refractivity contribution in [2.45, 2.75) is 38.7 Å². The van der Waals surface area contributed by atoms with Crippen LogP contribution in [0.15, 0.2) is 23.4 Å². The van der Waals surface area contributed by atoms with Gasteiger partial charge < -0.3 is 15.7 Å². The van der Waals surface area contributed by atoms with Crippen molar-refractivity contribution < 1.29 is 9.94 Å². The summed E-state index contributed by atoms with van der Waals surface area (Å²) in [5, 5.41) is 12.4.